The Morgan fingerprint density at radius 3 is 2.45 bits per heavy atom. The number of hydrogen-bond donors (Lipinski definition) is 0. The first-order chi connectivity index (χ1) is 14.2. The molecule has 150 valence electrons. The Labute approximate surface area is 172 Å². The first-order valence-electron chi connectivity index (χ1n) is 10.6. The van der Waals surface area contributed by atoms with Gasteiger partial charge in [0.2, 0.25) is 11.5 Å². The third kappa shape index (κ3) is 3.55. The van der Waals surface area contributed by atoms with Crippen LogP contribution in [0.3, 0.4) is 0 Å². The maximum absolute atomic E-state index is 6.09. The molecule has 0 atom stereocenters. The Bertz CT molecular complexity index is 1090. The Hall–Kier alpha value is -3.01. The molecule has 4 rings (SSSR count). The van der Waals surface area contributed by atoms with Gasteiger partial charge in [-0.2, -0.15) is 4.57 Å². The molecule has 1 aliphatic rings. The zero-order chi connectivity index (χ0) is 20.4. The second-order valence-electron chi connectivity index (χ2n) is 7.21. The van der Waals surface area contributed by atoms with Gasteiger partial charge in [0.15, 0.2) is 5.75 Å². The maximum Gasteiger partial charge on any atom is 0.374 e. The monoisotopic (exact) mass is 389 g/mol. The molecule has 0 bridgehead atoms. The number of hydrogen-bond acceptors (Lipinski definition) is 3. The topological polar surface area (TPSA) is 29.5 Å². The highest BCUT2D eigenvalue weighted by Gasteiger charge is 2.25. The molecule has 1 aromatic heterocycles. The Balaban J connectivity index is 1.63. The van der Waals surface area contributed by atoms with Crippen molar-refractivity contribution < 1.29 is 13.7 Å². The molecule has 1 aliphatic heterocycles. The van der Waals surface area contributed by atoms with E-state index < -0.39 is 0 Å². The summed E-state index contributed by atoms with van der Waals surface area (Å²) in [5, 5.41) is 0. The van der Waals surface area contributed by atoms with Gasteiger partial charge in [-0.15, -0.1) is 0 Å². The van der Waals surface area contributed by atoms with Crippen LogP contribution >= 0.6 is 0 Å². The number of allylic oxidation sites excluding steroid dienone is 2. The number of rotatable bonds is 6. The van der Waals surface area contributed by atoms with Crippen LogP contribution in [0.1, 0.15) is 44.7 Å². The van der Waals surface area contributed by atoms with Crippen LogP contribution in [0.5, 0.6) is 5.75 Å². The molecule has 4 heteroatoms. The summed E-state index contributed by atoms with van der Waals surface area (Å²) in [6.07, 6.45) is 8.08. The maximum atomic E-state index is 6.09. The van der Waals surface area contributed by atoms with E-state index in [1.807, 2.05) is 18.2 Å². The molecule has 0 amide bonds. The van der Waals surface area contributed by atoms with E-state index in [4.69, 9.17) is 9.15 Å². The zero-order valence-corrected chi connectivity index (χ0v) is 17.7. The number of anilines is 1. The molecule has 0 radical (unpaired) electrons. The highest BCUT2D eigenvalue weighted by atomic mass is 16.5. The van der Waals surface area contributed by atoms with Crippen molar-refractivity contribution in [1.29, 1.82) is 0 Å². The fraction of sp³-hybridized carbons (Fsp3) is 0.320. The van der Waals surface area contributed by atoms with Crippen molar-refractivity contribution in [2.24, 2.45) is 0 Å². The minimum atomic E-state index is 0.847. The number of nitrogens with zero attached hydrogens (tertiary/aromatic N) is 2. The van der Waals surface area contributed by atoms with Gasteiger partial charge >= 0.3 is 5.89 Å². The van der Waals surface area contributed by atoms with Crippen molar-refractivity contribution in [3.8, 4) is 5.75 Å². The van der Waals surface area contributed by atoms with E-state index in [-0.39, 0.29) is 0 Å². The molecular weight excluding hydrogens is 360 g/mol. The number of aryl methyl sites for hydroxylation is 3. The van der Waals surface area contributed by atoms with Gasteiger partial charge < -0.3 is 14.1 Å². The molecule has 0 aliphatic carbocycles. The molecule has 0 spiro atoms. The van der Waals surface area contributed by atoms with Crippen molar-refractivity contribution in [1.82, 2.24) is 0 Å². The van der Waals surface area contributed by atoms with Gasteiger partial charge in [0.05, 0.1) is 11.8 Å². The van der Waals surface area contributed by atoms with Crippen molar-refractivity contribution in [2.75, 3.05) is 11.4 Å². The SMILES string of the molecule is CCc1ccc2c(c1)N(CC)C(=CC=Cc1oc3ccc(CC)cc3[n+]1CC)O2. The number of aromatic nitrogens is 1. The van der Waals surface area contributed by atoms with E-state index in [2.05, 4.69) is 73.6 Å². The molecule has 0 saturated carbocycles. The molecular formula is C25H29N2O2+. The Morgan fingerprint density at radius 2 is 1.72 bits per heavy atom. The average molecular weight is 390 g/mol. The van der Waals surface area contributed by atoms with Crippen LogP contribution < -0.4 is 14.2 Å². The lowest BCUT2D eigenvalue weighted by atomic mass is 10.1. The lowest BCUT2D eigenvalue weighted by Gasteiger charge is -2.15. The second-order valence-corrected chi connectivity index (χ2v) is 7.21. The molecule has 4 nitrogen and oxygen atoms in total. The summed E-state index contributed by atoms with van der Waals surface area (Å²) in [5.74, 6) is 2.61. The third-order valence-corrected chi connectivity index (χ3v) is 5.52. The first-order valence-corrected chi connectivity index (χ1v) is 10.6. The zero-order valence-electron chi connectivity index (χ0n) is 17.7. The third-order valence-electron chi connectivity index (χ3n) is 5.52. The van der Waals surface area contributed by atoms with Crippen LogP contribution in [0.15, 0.2) is 58.9 Å². The van der Waals surface area contributed by atoms with Gasteiger partial charge in [0.1, 0.15) is 6.54 Å². The van der Waals surface area contributed by atoms with Crippen LogP contribution in [0.2, 0.25) is 0 Å². The van der Waals surface area contributed by atoms with Crippen LogP contribution in [0.4, 0.5) is 5.69 Å². The normalized spacial score (nSPS) is 14.9. The fourth-order valence-corrected chi connectivity index (χ4v) is 3.85. The summed E-state index contributed by atoms with van der Waals surface area (Å²) in [6, 6.07) is 12.8. The number of benzene rings is 2. The van der Waals surface area contributed by atoms with Gasteiger partial charge in [0, 0.05) is 12.6 Å². The van der Waals surface area contributed by atoms with E-state index in [0.717, 1.165) is 60.2 Å². The predicted octanol–water partition coefficient (Wildman–Crippen LogP) is 5.64. The van der Waals surface area contributed by atoms with E-state index in [0.29, 0.717) is 0 Å². The van der Waals surface area contributed by atoms with E-state index in [1.54, 1.807) is 0 Å². The molecule has 0 fully saturated rings. The summed E-state index contributed by atoms with van der Waals surface area (Å²) in [7, 11) is 0. The number of oxazole rings is 1. The largest absolute Gasteiger partial charge is 0.439 e. The molecule has 29 heavy (non-hydrogen) atoms. The molecule has 0 saturated heterocycles. The van der Waals surface area contributed by atoms with Crippen LogP contribution in [0, 0.1) is 0 Å². The average Bonchev–Trinajstić information content (AvgIpc) is 3.29. The summed E-state index contributed by atoms with van der Waals surface area (Å²) < 4.78 is 14.4. The molecule has 0 N–H and O–H groups in total. The van der Waals surface area contributed by atoms with Crippen LogP contribution in [-0.4, -0.2) is 6.54 Å². The highest BCUT2D eigenvalue weighted by molar-refractivity contribution is 5.71. The summed E-state index contributed by atoms with van der Waals surface area (Å²) in [5.41, 5.74) is 5.85. The summed E-state index contributed by atoms with van der Waals surface area (Å²) >= 11 is 0. The molecule has 3 aromatic rings. The predicted molar refractivity (Wildman–Crippen MR) is 118 cm³/mol. The lowest BCUT2D eigenvalue weighted by Crippen LogP contribution is -2.33. The van der Waals surface area contributed by atoms with Crippen LogP contribution in [-0.2, 0) is 19.4 Å². The molecule has 2 heterocycles. The van der Waals surface area contributed by atoms with E-state index in [9.17, 15) is 0 Å². The van der Waals surface area contributed by atoms with Crippen molar-refractivity contribution in [2.45, 2.75) is 47.1 Å². The quantitative estimate of drug-likeness (QED) is 0.511. The Morgan fingerprint density at radius 1 is 0.966 bits per heavy atom. The Kier molecular flexibility index (Phi) is 5.43. The highest BCUT2D eigenvalue weighted by Crippen LogP contribution is 2.39. The number of fused-ring (bicyclic) bond motifs is 2. The smallest absolute Gasteiger partial charge is 0.374 e. The number of ether oxygens (including phenoxy) is 1. The summed E-state index contributed by atoms with van der Waals surface area (Å²) in [4.78, 5) is 2.21. The fourth-order valence-electron chi connectivity index (χ4n) is 3.85. The van der Waals surface area contributed by atoms with Crippen LogP contribution in [0.25, 0.3) is 17.2 Å². The van der Waals surface area contributed by atoms with Crippen molar-refractivity contribution >= 4 is 22.9 Å². The van der Waals surface area contributed by atoms with E-state index >= 15 is 0 Å². The minimum Gasteiger partial charge on any atom is -0.439 e. The second kappa shape index (κ2) is 8.16. The van der Waals surface area contributed by atoms with Gasteiger partial charge in [-0.05, 0) is 68.2 Å². The van der Waals surface area contributed by atoms with E-state index in [1.165, 1.54) is 11.1 Å². The molecule has 2 aromatic carbocycles. The standard InChI is InChI=1S/C25H29N2O2/c1-5-18-12-14-22-20(16-18)26(7-3)24(28-22)10-9-11-25-27(8-4)21-17-19(6-2)13-15-23(21)29-25/h9-17H,5-8H2,1-4H3/q+1. The van der Waals surface area contributed by atoms with Gasteiger partial charge in [-0.1, -0.05) is 26.0 Å². The molecule has 0 unspecified atom stereocenters. The van der Waals surface area contributed by atoms with Crippen molar-refractivity contribution in [3.63, 3.8) is 0 Å². The van der Waals surface area contributed by atoms with Crippen molar-refractivity contribution in [3.05, 3.63) is 71.5 Å². The van der Waals surface area contributed by atoms with Gasteiger partial charge in [-0.3, -0.25) is 0 Å². The lowest BCUT2D eigenvalue weighted by molar-refractivity contribution is -0.674. The minimum absolute atomic E-state index is 0.847. The van der Waals surface area contributed by atoms with Gasteiger partial charge in [0.25, 0.3) is 5.52 Å². The van der Waals surface area contributed by atoms with Gasteiger partial charge in [-0.25, -0.2) is 0 Å². The first kappa shape index (κ1) is 19.3. The summed E-state index contributed by atoms with van der Waals surface area (Å²) in [6.45, 7) is 10.4.